The summed E-state index contributed by atoms with van der Waals surface area (Å²) in [6.45, 7) is 9.78. The second kappa shape index (κ2) is 10.1. The number of anilines is 1. The Morgan fingerprint density at radius 2 is 2.03 bits per heavy atom. The van der Waals surface area contributed by atoms with Crippen LogP contribution in [0.5, 0.6) is 5.75 Å². The highest BCUT2D eigenvalue weighted by Crippen LogP contribution is 2.20. The van der Waals surface area contributed by atoms with Crippen LogP contribution >= 0.6 is 0 Å². The zero-order chi connectivity index (χ0) is 21.5. The first-order valence-electron chi connectivity index (χ1n) is 10.4. The van der Waals surface area contributed by atoms with Crippen LogP contribution in [-0.4, -0.2) is 20.7 Å². The summed E-state index contributed by atoms with van der Waals surface area (Å²) in [5.41, 5.74) is 5.05. The second-order valence-electron chi connectivity index (χ2n) is 7.95. The number of aromatic nitrogens is 3. The Labute approximate surface area is 178 Å². The molecular formula is C24H30N4O2. The number of hydrogen-bond donors (Lipinski definition) is 1. The summed E-state index contributed by atoms with van der Waals surface area (Å²) in [6.07, 6.45) is 4.60. The molecule has 2 aromatic heterocycles. The topological polar surface area (TPSA) is 69.0 Å². The number of rotatable bonds is 9. The zero-order valence-electron chi connectivity index (χ0n) is 18.2. The highest BCUT2D eigenvalue weighted by molar-refractivity contribution is 5.91. The zero-order valence-corrected chi connectivity index (χ0v) is 18.2. The Bertz CT molecular complexity index is 980. The number of nitrogens with one attached hydrogen (secondary N) is 1. The van der Waals surface area contributed by atoms with Crippen molar-refractivity contribution in [2.45, 2.75) is 53.7 Å². The average molecular weight is 407 g/mol. The van der Waals surface area contributed by atoms with Gasteiger partial charge in [0.25, 0.3) is 0 Å². The molecule has 0 atom stereocenters. The fourth-order valence-corrected chi connectivity index (χ4v) is 3.40. The van der Waals surface area contributed by atoms with E-state index in [1.54, 1.807) is 12.4 Å². The smallest absolute Gasteiger partial charge is 0.224 e. The Balaban J connectivity index is 1.55. The van der Waals surface area contributed by atoms with Gasteiger partial charge in [-0.05, 0) is 49.9 Å². The molecule has 0 aliphatic heterocycles. The van der Waals surface area contributed by atoms with Gasteiger partial charge >= 0.3 is 0 Å². The molecule has 0 bridgehead atoms. The van der Waals surface area contributed by atoms with Gasteiger partial charge in [-0.15, -0.1) is 0 Å². The van der Waals surface area contributed by atoms with Crippen LogP contribution in [0.2, 0.25) is 0 Å². The van der Waals surface area contributed by atoms with Crippen molar-refractivity contribution < 1.29 is 9.53 Å². The van der Waals surface area contributed by atoms with Crippen LogP contribution in [0.15, 0.2) is 48.8 Å². The normalized spacial score (nSPS) is 11.0. The lowest BCUT2D eigenvalue weighted by Crippen LogP contribution is -2.13. The lowest BCUT2D eigenvalue weighted by atomic mass is 10.1. The Morgan fingerprint density at radius 1 is 1.20 bits per heavy atom. The van der Waals surface area contributed by atoms with E-state index in [0.29, 0.717) is 31.1 Å². The van der Waals surface area contributed by atoms with Crippen molar-refractivity contribution in [1.29, 1.82) is 0 Å². The molecule has 6 heteroatoms. The summed E-state index contributed by atoms with van der Waals surface area (Å²) in [4.78, 5) is 16.6. The molecule has 0 fully saturated rings. The molecule has 0 aliphatic rings. The third kappa shape index (κ3) is 5.92. The molecule has 3 aromatic rings. The van der Waals surface area contributed by atoms with Crippen molar-refractivity contribution in [3.05, 3.63) is 71.3 Å². The molecule has 2 heterocycles. The molecule has 0 spiro atoms. The number of aryl methyl sites for hydroxylation is 1. The van der Waals surface area contributed by atoms with E-state index in [1.165, 1.54) is 5.56 Å². The van der Waals surface area contributed by atoms with Crippen LogP contribution in [0.4, 0.5) is 5.69 Å². The standard InChI is InChI=1S/C24H30N4O2/c1-17(2)15-28-19(4)23(18(3)27-28)10-11-24(29)26-21-8-5-9-22(13-21)30-16-20-7-6-12-25-14-20/h5-9,12-14,17H,10-11,15-16H2,1-4H3,(H,26,29). The molecule has 0 radical (unpaired) electrons. The van der Waals surface area contributed by atoms with E-state index >= 15 is 0 Å². The minimum absolute atomic E-state index is 0.0187. The lowest BCUT2D eigenvalue weighted by molar-refractivity contribution is -0.116. The number of amides is 1. The fourth-order valence-electron chi connectivity index (χ4n) is 3.40. The van der Waals surface area contributed by atoms with Gasteiger partial charge in [-0.2, -0.15) is 5.10 Å². The predicted molar refractivity (Wildman–Crippen MR) is 119 cm³/mol. The average Bonchev–Trinajstić information content (AvgIpc) is 2.98. The molecule has 6 nitrogen and oxygen atoms in total. The third-order valence-electron chi connectivity index (χ3n) is 4.92. The first-order chi connectivity index (χ1) is 14.4. The minimum Gasteiger partial charge on any atom is -0.489 e. The maximum atomic E-state index is 12.5. The summed E-state index contributed by atoms with van der Waals surface area (Å²) in [6, 6.07) is 11.3. The fraction of sp³-hybridized carbons (Fsp3) is 0.375. The largest absolute Gasteiger partial charge is 0.489 e. The van der Waals surface area contributed by atoms with Crippen molar-refractivity contribution in [3.8, 4) is 5.75 Å². The van der Waals surface area contributed by atoms with Crippen LogP contribution in [-0.2, 0) is 24.4 Å². The summed E-state index contributed by atoms with van der Waals surface area (Å²) in [7, 11) is 0. The van der Waals surface area contributed by atoms with Crippen molar-refractivity contribution >= 4 is 11.6 Å². The number of pyridine rings is 1. The summed E-state index contributed by atoms with van der Waals surface area (Å²) in [5.74, 6) is 1.22. The quantitative estimate of drug-likeness (QED) is 0.559. The van der Waals surface area contributed by atoms with Gasteiger partial charge in [0, 0.05) is 48.4 Å². The second-order valence-corrected chi connectivity index (χ2v) is 7.95. The molecule has 0 saturated carbocycles. The van der Waals surface area contributed by atoms with Crippen molar-refractivity contribution in [2.24, 2.45) is 5.92 Å². The van der Waals surface area contributed by atoms with Gasteiger partial charge in [-0.25, -0.2) is 0 Å². The van der Waals surface area contributed by atoms with E-state index < -0.39 is 0 Å². The SMILES string of the molecule is Cc1nn(CC(C)C)c(C)c1CCC(=O)Nc1cccc(OCc2cccnc2)c1. The Morgan fingerprint density at radius 3 is 2.77 bits per heavy atom. The van der Waals surface area contributed by atoms with E-state index in [0.717, 1.165) is 29.2 Å². The molecule has 30 heavy (non-hydrogen) atoms. The number of hydrogen-bond acceptors (Lipinski definition) is 4. The lowest BCUT2D eigenvalue weighted by Gasteiger charge is -2.10. The van der Waals surface area contributed by atoms with Gasteiger partial charge < -0.3 is 10.1 Å². The van der Waals surface area contributed by atoms with E-state index in [1.807, 2.05) is 43.3 Å². The molecule has 0 aliphatic carbocycles. The molecule has 1 N–H and O–H groups in total. The van der Waals surface area contributed by atoms with Gasteiger partial charge in [0.2, 0.25) is 5.91 Å². The van der Waals surface area contributed by atoms with E-state index in [-0.39, 0.29) is 5.91 Å². The number of carbonyl (C=O) groups excluding carboxylic acids is 1. The van der Waals surface area contributed by atoms with E-state index in [2.05, 4.69) is 40.9 Å². The molecule has 3 rings (SSSR count). The maximum absolute atomic E-state index is 12.5. The van der Waals surface area contributed by atoms with Crippen LogP contribution in [0, 0.1) is 19.8 Å². The monoisotopic (exact) mass is 406 g/mol. The molecule has 0 unspecified atom stereocenters. The van der Waals surface area contributed by atoms with Crippen molar-refractivity contribution in [2.75, 3.05) is 5.32 Å². The predicted octanol–water partition coefficient (Wildman–Crippen LogP) is 4.70. The molecule has 0 saturated heterocycles. The van der Waals surface area contributed by atoms with Gasteiger partial charge in [0.1, 0.15) is 12.4 Å². The van der Waals surface area contributed by atoms with Crippen LogP contribution in [0.3, 0.4) is 0 Å². The molecule has 1 amide bonds. The maximum Gasteiger partial charge on any atom is 0.224 e. The van der Waals surface area contributed by atoms with Gasteiger partial charge in [-0.3, -0.25) is 14.5 Å². The van der Waals surface area contributed by atoms with Gasteiger partial charge in [0.05, 0.1) is 5.69 Å². The summed E-state index contributed by atoms with van der Waals surface area (Å²) < 4.78 is 7.86. The number of carbonyl (C=O) groups is 1. The minimum atomic E-state index is -0.0187. The van der Waals surface area contributed by atoms with Crippen molar-refractivity contribution in [1.82, 2.24) is 14.8 Å². The number of nitrogens with zero attached hydrogens (tertiary/aromatic N) is 3. The van der Waals surface area contributed by atoms with Gasteiger partial charge in [-0.1, -0.05) is 26.0 Å². The van der Waals surface area contributed by atoms with E-state index in [9.17, 15) is 4.79 Å². The first-order valence-corrected chi connectivity index (χ1v) is 10.4. The van der Waals surface area contributed by atoms with Gasteiger partial charge in [0.15, 0.2) is 0 Å². The first kappa shape index (κ1) is 21.6. The summed E-state index contributed by atoms with van der Waals surface area (Å²) in [5, 5.41) is 7.60. The number of benzene rings is 1. The molecule has 1 aromatic carbocycles. The Kier molecular flexibility index (Phi) is 7.22. The third-order valence-corrected chi connectivity index (χ3v) is 4.92. The summed E-state index contributed by atoms with van der Waals surface area (Å²) >= 11 is 0. The molecule has 158 valence electrons. The molecular weight excluding hydrogens is 376 g/mol. The van der Waals surface area contributed by atoms with Crippen LogP contribution < -0.4 is 10.1 Å². The number of ether oxygens (including phenoxy) is 1. The van der Waals surface area contributed by atoms with E-state index in [4.69, 9.17) is 4.74 Å². The van der Waals surface area contributed by atoms with Crippen molar-refractivity contribution in [3.63, 3.8) is 0 Å². The Hall–Kier alpha value is -3.15. The highest BCUT2D eigenvalue weighted by Gasteiger charge is 2.14. The van der Waals surface area contributed by atoms with Crippen LogP contribution in [0.1, 0.15) is 42.8 Å². The highest BCUT2D eigenvalue weighted by atomic mass is 16.5. The van der Waals surface area contributed by atoms with Crippen LogP contribution in [0.25, 0.3) is 0 Å².